The number of hydrogen-bond donors (Lipinski definition) is 0. The summed E-state index contributed by atoms with van der Waals surface area (Å²) in [5.74, 6) is 0.899. The molecule has 2 heteroatoms. The van der Waals surface area contributed by atoms with Gasteiger partial charge in [-0.15, -0.1) is 0 Å². The van der Waals surface area contributed by atoms with Crippen molar-refractivity contribution in [3.8, 4) is 5.75 Å². The number of methoxy groups -OCH3 is 1. The fourth-order valence-electron chi connectivity index (χ4n) is 1.38. The van der Waals surface area contributed by atoms with Crippen LogP contribution in [0.5, 0.6) is 5.75 Å². The van der Waals surface area contributed by atoms with E-state index in [-0.39, 0.29) is 11.2 Å². The topological polar surface area (TPSA) is 26.3 Å². The van der Waals surface area contributed by atoms with Gasteiger partial charge >= 0.3 is 0 Å². The summed E-state index contributed by atoms with van der Waals surface area (Å²) in [7, 11) is 1.60. The van der Waals surface area contributed by atoms with Crippen molar-refractivity contribution in [3.05, 3.63) is 29.8 Å². The number of benzene rings is 1. The molecule has 1 aromatic carbocycles. The molecule has 0 amide bonds. The standard InChI is InChI=1S/C13H18O2/c1-13(2,3)9-12(14)10-6-5-7-11(8-10)15-4/h5-8H,9H2,1-4H3. The third kappa shape index (κ3) is 3.74. The van der Waals surface area contributed by atoms with Crippen LogP contribution in [-0.2, 0) is 0 Å². The highest BCUT2D eigenvalue weighted by Gasteiger charge is 2.17. The number of ketones is 1. The molecule has 0 heterocycles. The van der Waals surface area contributed by atoms with Crippen LogP contribution in [0.25, 0.3) is 0 Å². The summed E-state index contributed by atoms with van der Waals surface area (Å²) >= 11 is 0. The SMILES string of the molecule is COc1cccc(C(=O)CC(C)(C)C)c1. The first kappa shape index (κ1) is 11.8. The summed E-state index contributed by atoms with van der Waals surface area (Å²) in [6.07, 6.45) is 0.556. The second kappa shape index (κ2) is 4.47. The van der Waals surface area contributed by atoms with Gasteiger partial charge in [-0.2, -0.15) is 0 Å². The minimum absolute atomic E-state index is 0.0279. The predicted molar refractivity (Wildman–Crippen MR) is 61.4 cm³/mol. The first-order chi connectivity index (χ1) is 6.92. The summed E-state index contributed by atoms with van der Waals surface area (Å²) in [4.78, 5) is 11.9. The van der Waals surface area contributed by atoms with Gasteiger partial charge in [0.1, 0.15) is 5.75 Å². The smallest absolute Gasteiger partial charge is 0.163 e. The maximum atomic E-state index is 11.9. The third-order valence-electron chi connectivity index (χ3n) is 2.08. The quantitative estimate of drug-likeness (QED) is 0.709. The van der Waals surface area contributed by atoms with Crippen molar-refractivity contribution >= 4 is 5.78 Å². The lowest BCUT2D eigenvalue weighted by molar-refractivity contribution is 0.0939. The number of rotatable bonds is 3. The Morgan fingerprint density at radius 3 is 2.53 bits per heavy atom. The van der Waals surface area contributed by atoms with Crippen molar-refractivity contribution in [1.29, 1.82) is 0 Å². The highest BCUT2D eigenvalue weighted by Crippen LogP contribution is 2.22. The lowest BCUT2D eigenvalue weighted by Gasteiger charge is -2.16. The van der Waals surface area contributed by atoms with Gasteiger partial charge in [0.2, 0.25) is 0 Å². The van der Waals surface area contributed by atoms with Crippen LogP contribution in [-0.4, -0.2) is 12.9 Å². The lowest BCUT2D eigenvalue weighted by Crippen LogP contribution is -2.13. The molecule has 0 aromatic heterocycles. The van der Waals surface area contributed by atoms with Crippen LogP contribution in [0.15, 0.2) is 24.3 Å². The Morgan fingerprint density at radius 1 is 1.33 bits per heavy atom. The molecule has 0 spiro atoms. The first-order valence-electron chi connectivity index (χ1n) is 5.09. The molecule has 0 N–H and O–H groups in total. The Labute approximate surface area is 91.3 Å². The van der Waals surface area contributed by atoms with E-state index in [1.54, 1.807) is 13.2 Å². The third-order valence-corrected chi connectivity index (χ3v) is 2.08. The van der Waals surface area contributed by atoms with Gasteiger partial charge < -0.3 is 4.74 Å². The van der Waals surface area contributed by atoms with Crippen LogP contribution >= 0.6 is 0 Å². The molecule has 15 heavy (non-hydrogen) atoms. The molecule has 0 saturated heterocycles. The van der Waals surface area contributed by atoms with E-state index in [1.165, 1.54) is 0 Å². The van der Waals surface area contributed by atoms with Gasteiger partial charge in [-0.05, 0) is 17.5 Å². The van der Waals surface area contributed by atoms with Crippen LogP contribution < -0.4 is 4.74 Å². The van der Waals surface area contributed by atoms with Gasteiger partial charge in [-0.25, -0.2) is 0 Å². The van der Waals surface area contributed by atoms with Crippen molar-refractivity contribution in [2.75, 3.05) is 7.11 Å². The van der Waals surface area contributed by atoms with Crippen LogP contribution in [0.2, 0.25) is 0 Å². The fourth-order valence-corrected chi connectivity index (χ4v) is 1.38. The van der Waals surface area contributed by atoms with Crippen LogP contribution in [0.1, 0.15) is 37.6 Å². The minimum atomic E-state index is 0.0279. The number of carbonyl (C=O) groups excluding carboxylic acids is 1. The highest BCUT2D eigenvalue weighted by molar-refractivity contribution is 5.96. The normalized spacial score (nSPS) is 11.2. The molecule has 0 saturated carbocycles. The lowest BCUT2D eigenvalue weighted by atomic mass is 9.88. The second-order valence-electron chi connectivity index (χ2n) is 4.89. The molecule has 82 valence electrons. The van der Waals surface area contributed by atoms with Gasteiger partial charge in [-0.3, -0.25) is 4.79 Å². The molecule has 1 aromatic rings. The molecule has 0 unspecified atom stereocenters. The van der Waals surface area contributed by atoms with E-state index in [2.05, 4.69) is 20.8 Å². The van der Waals surface area contributed by atoms with Gasteiger partial charge in [0.05, 0.1) is 7.11 Å². The molecule has 0 bridgehead atoms. The maximum Gasteiger partial charge on any atom is 0.163 e. The summed E-state index contributed by atoms with van der Waals surface area (Å²) in [5, 5.41) is 0. The summed E-state index contributed by atoms with van der Waals surface area (Å²) in [5.41, 5.74) is 0.754. The monoisotopic (exact) mass is 206 g/mol. The molecular formula is C13H18O2. The van der Waals surface area contributed by atoms with Gasteiger partial charge in [0.25, 0.3) is 0 Å². The van der Waals surface area contributed by atoms with Crippen molar-refractivity contribution in [2.45, 2.75) is 27.2 Å². The molecule has 0 fully saturated rings. The zero-order chi connectivity index (χ0) is 11.5. The number of ether oxygens (including phenoxy) is 1. The maximum absolute atomic E-state index is 11.9. The van der Waals surface area contributed by atoms with Crippen LogP contribution in [0.4, 0.5) is 0 Å². The van der Waals surface area contributed by atoms with Crippen molar-refractivity contribution in [3.63, 3.8) is 0 Å². The van der Waals surface area contributed by atoms with E-state index < -0.39 is 0 Å². The van der Waals surface area contributed by atoms with Gasteiger partial charge in [-0.1, -0.05) is 32.9 Å². The van der Waals surface area contributed by atoms with Crippen LogP contribution in [0.3, 0.4) is 0 Å². The Kier molecular flexibility index (Phi) is 3.51. The van der Waals surface area contributed by atoms with Crippen molar-refractivity contribution < 1.29 is 9.53 Å². The molecule has 0 aliphatic rings. The van der Waals surface area contributed by atoms with Gasteiger partial charge in [0, 0.05) is 12.0 Å². The number of hydrogen-bond acceptors (Lipinski definition) is 2. The zero-order valence-corrected chi connectivity index (χ0v) is 9.83. The molecule has 0 radical (unpaired) electrons. The van der Waals surface area contributed by atoms with E-state index >= 15 is 0 Å². The highest BCUT2D eigenvalue weighted by atomic mass is 16.5. The number of carbonyl (C=O) groups is 1. The molecule has 0 aliphatic heterocycles. The van der Waals surface area contributed by atoms with Crippen LogP contribution in [0, 0.1) is 5.41 Å². The van der Waals surface area contributed by atoms with E-state index in [0.717, 1.165) is 11.3 Å². The largest absolute Gasteiger partial charge is 0.497 e. The fraction of sp³-hybridized carbons (Fsp3) is 0.462. The molecule has 2 nitrogen and oxygen atoms in total. The Bertz CT molecular complexity index is 348. The molecule has 0 atom stereocenters. The van der Waals surface area contributed by atoms with E-state index in [4.69, 9.17) is 4.74 Å². The molecular weight excluding hydrogens is 188 g/mol. The molecule has 1 rings (SSSR count). The Hall–Kier alpha value is -1.31. The minimum Gasteiger partial charge on any atom is -0.497 e. The van der Waals surface area contributed by atoms with E-state index in [0.29, 0.717) is 6.42 Å². The summed E-state index contributed by atoms with van der Waals surface area (Å²) < 4.78 is 5.08. The van der Waals surface area contributed by atoms with E-state index in [9.17, 15) is 4.79 Å². The Balaban J connectivity index is 2.82. The van der Waals surface area contributed by atoms with Crippen molar-refractivity contribution in [1.82, 2.24) is 0 Å². The average Bonchev–Trinajstić information content (AvgIpc) is 2.15. The Morgan fingerprint density at radius 2 is 2.00 bits per heavy atom. The average molecular weight is 206 g/mol. The summed E-state index contributed by atoms with van der Waals surface area (Å²) in [6, 6.07) is 7.30. The van der Waals surface area contributed by atoms with E-state index in [1.807, 2.05) is 18.2 Å². The number of Topliss-reactive ketones (excluding diaryl/α,β-unsaturated/α-hetero) is 1. The first-order valence-corrected chi connectivity index (χ1v) is 5.09. The molecule has 0 aliphatic carbocycles. The van der Waals surface area contributed by atoms with Gasteiger partial charge in [0.15, 0.2) is 5.78 Å². The second-order valence-corrected chi connectivity index (χ2v) is 4.89. The zero-order valence-electron chi connectivity index (χ0n) is 9.83. The predicted octanol–water partition coefficient (Wildman–Crippen LogP) is 3.31. The summed E-state index contributed by atoms with van der Waals surface area (Å²) in [6.45, 7) is 6.18. The van der Waals surface area contributed by atoms with Crippen molar-refractivity contribution in [2.24, 2.45) is 5.41 Å².